The standard InChI is InChI=1S/C21H22ClN3O3/c1-27-16-11-15(12-17(13-16)28-2)21(26)25-9-7-24(8-10-25)20(14-23)18-5-3-4-6-19(18)22/h3-6,11-13,20H,7-10H2,1-2H3. The average Bonchev–Trinajstić information content (AvgIpc) is 2.75. The zero-order chi connectivity index (χ0) is 20.1. The fourth-order valence-corrected chi connectivity index (χ4v) is 3.58. The second-order valence-corrected chi connectivity index (χ2v) is 6.89. The lowest BCUT2D eigenvalue weighted by Crippen LogP contribution is -2.49. The molecule has 3 rings (SSSR count). The van der Waals surface area contributed by atoms with E-state index in [9.17, 15) is 10.1 Å². The molecule has 0 aromatic heterocycles. The molecule has 0 aliphatic carbocycles. The lowest BCUT2D eigenvalue weighted by atomic mass is 10.1. The van der Waals surface area contributed by atoms with Crippen LogP contribution in [0.4, 0.5) is 0 Å². The molecule has 0 N–H and O–H groups in total. The number of carbonyl (C=O) groups is 1. The second kappa shape index (κ2) is 8.96. The van der Waals surface area contributed by atoms with Gasteiger partial charge in [-0.3, -0.25) is 9.69 Å². The summed E-state index contributed by atoms with van der Waals surface area (Å²) in [7, 11) is 3.11. The number of piperazine rings is 1. The van der Waals surface area contributed by atoms with E-state index in [0.29, 0.717) is 48.3 Å². The van der Waals surface area contributed by atoms with Crippen molar-refractivity contribution in [1.82, 2.24) is 9.80 Å². The quantitative estimate of drug-likeness (QED) is 0.771. The van der Waals surface area contributed by atoms with Gasteiger partial charge in [-0.2, -0.15) is 5.26 Å². The highest BCUT2D eigenvalue weighted by Gasteiger charge is 2.28. The van der Waals surface area contributed by atoms with E-state index in [4.69, 9.17) is 21.1 Å². The summed E-state index contributed by atoms with van der Waals surface area (Å²) in [5, 5.41) is 10.2. The SMILES string of the molecule is COc1cc(OC)cc(C(=O)N2CCN(C(C#N)c3ccccc3Cl)CC2)c1. The molecule has 1 unspecified atom stereocenters. The van der Waals surface area contributed by atoms with Crippen LogP contribution in [0.3, 0.4) is 0 Å². The summed E-state index contributed by atoms with van der Waals surface area (Å²) in [5.41, 5.74) is 1.32. The van der Waals surface area contributed by atoms with Crippen LogP contribution in [0.1, 0.15) is 22.0 Å². The number of benzene rings is 2. The second-order valence-electron chi connectivity index (χ2n) is 6.48. The number of methoxy groups -OCH3 is 2. The van der Waals surface area contributed by atoms with Crippen LogP contribution in [0, 0.1) is 11.3 Å². The summed E-state index contributed by atoms with van der Waals surface area (Å²) in [6.07, 6.45) is 0. The van der Waals surface area contributed by atoms with E-state index in [1.807, 2.05) is 18.2 Å². The van der Waals surface area contributed by atoms with Gasteiger partial charge in [0.15, 0.2) is 0 Å². The first-order valence-corrected chi connectivity index (χ1v) is 9.35. The molecule has 146 valence electrons. The molecule has 1 aliphatic heterocycles. The summed E-state index contributed by atoms with van der Waals surface area (Å²) in [6, 6.07) is 14.4. The lowest BCUT2D eigenvalue weighted by Gasteiger charge is -2.37. The van der Waals surface area contributed by atoms with Crippen molar-refractivity contribution < 1.29 is 14.3 Å². The zero-order valence-electron chi connectivity index (χ0n) is 15.9. The predicted molar refractivity (Wildman–Crippen MR) is 107 cm³/mol. The Morgan fingerprint density at radius 2 is 1.68 bits per heavy atom. The minimum absolute atomic E-state index is 0.0805. The maximum absolute atomic E-state index is 12.9. The Morgan fingerprint density at radius 3 is 2.21 bits per heavy atom. The molecular formula is C21H22ClN3O3. The van der Waals surface area contributed by atoms with Crippen molar-refractivity contribution in [3.63, 3.8) is 0 Å². The predicted octanol–water partition coefficient (Wildman–Crippen LogP) is 3.38. The molecule has 28 heavy (non-hydrogen) atoms. The Bertz CT molecular complexity index is 866. The molecule has 1 amide bonds. The number of hydrogen-bond acceptors (Lipinski definition) is 5. The van der Waals surface area contributed by atoms with Gasteiger partial charge >= 0.3 is 0 Å². The molecule has 6 nitrogen and oxygen atoms in total. The third-order valence-corrected chi connectivity index (χ3v) is 5.23. The molecule has 2 aromatic rings. The van der Waals surface area contributed by atoms with Gasteiger partial charge in [-0.05, 0) is 18.2 Å². The average molecular weight is 400 g/mol. The highest BCUT2D eigenvalue weighted by atomic mass is 35.5. The first-order valence-electron chi connectivity index (χ1n) is 8.97. The van der Waals surface area contributed by atoms with E-state index in [1.54, 1.807) is 43.4 Å². The highest BCUT2D eigenvalue weighted by molar-refractivity contribution is 6.31. The molecule has 0 spiro atoms. The fourth-order valence-electron chi connectivity index (χ4n) is 3.34. The van der Waals surface area contributed by atoms with Crippen LogP contribution < -0.4 is 9.47 Å². The van der Waals surface area contributed by atoms with Gasteiger partial charge in [0.25, 0.3) is 5.91 Å². The molecular weight excluding hydrogens is 378 g/mol. The van der Waals surface area contributed by atoms with Crippen LogP contribution in [-0.4, -0.2) is 56.1 Å². The van der Waals surface area contributed by atoms with Crippen LogP contribution in [0.5, 0.6) is 11.5 Å². The number of halogens is 1. The highest BCUT2D eigenvalue weighted by Crippen LogP contribution is 2.28. The number of rotatable bonds is 5. The van der Waals surface area contributed by atoms with E-state index < -0.39 is 6.04 Å². The van der Waals surface area contributed by atoms with Gasteiger partial charge in [-0.1, -0.05) is 29.8 Å². The summed E-state index contributed by atoms with van der Waals surface area (Å²) in [6.45, 7) is 2.24. The number of ether oxygens (including phenoxy) is 2. The summed E-state index contributed by atoms with van der Waals surface area (Å²) >= 11 is 6.27. The van der Waals surface area contributed by atoms with Gasteiger partial charge in [0, 0.05) is 48.4 Å². The smallest absolute Gasteiger partial charge is 0.254 e. The zero-order valence-corrected chi connectivity index (χ0v) is 16.6. The van der Waals surface area contributed by atoms with Crippen molar-refractivity contribution in [1.29, 1.82) is 5.26 Å². The van der Waals surface area contributed by atoms with Crippen molar-refractivity contribution in [2.75, 3.05) is 40.4 Å². The van der Waals surface area contributed by atoms with E-state index in [1.165, 1.54) is 0 Å². The lowest BCUT2D eigenvalue weighted by molar-refractivity contribution is 0.0605. The number of nitrogens with zero attached hydrogens (tertiary/aromatic N) is 3. The van der Waals surface area contributed by atoms with Crippen LogP contribution in [0.2, 0.25) is 5.02 Å². The van der Waals surface area contributed by atoms with Crippen molar-refractivity contribution in [2.45, 2.75) is 6.04 Å². The van der Waals surface area contributed by atoms with Crippen molar-refractivity contribution in [3.05, 3.63) is 58.6 Å². The first-order chi connectivity index (χ1) is 13.6. The molecule has 1 fully saturated rings. The van der Waals surface area contributed by atoms with Crippen LogP contribution in [0.25, 0.3) is 0 Å². The molecule has 1 aliphatic rings. The van der Waals surface area contributed by atoms with Gasteiger partial charge in [0.1, 0.15) is 17.5 Å². The maximum atomic E-state index is 12.9. The fraction of sp³-hybridized carbons (Fsp3) is 0.333. The maximum Gasteiger partial charge on any atom is 0.254 e. The first kappa shape index (κ1) is 20.0. The van der Waals surface area contributed by atoms with Crippen molar-refractivity contribution >= 4 is 17.5 Å². The summed E-state index contributed by atoms with van der Waals surface area (Å²) < 4.78 is 10.5. The van der Waals surface area contributed by atoms with Gasteiger partial charge in [0.05, 0.1) is 20.3 Å². The monoisotopic (exact) mass is 399 g/mol. The van der Waals surface area contributed by atoms with E-state index in [0.717, 1.165) is 5.56 Å². The van der Waals surface area contributed by atoms with E-state index >= 15 is 0 Å². The van der Waals surface area contributed by atoms with Crippen LogP contribution in [-0.2, 0) is 0 Å². The molecule has 2 aromatic carbocycles. The Morgan fingerprint density at radius 1 is 1.07 bits per heavy atom. The number of nitriles is 1. The molecule has 0 radical (unpaired) electrons. The third kappa shape index (κ3) is 4.22. The van der Waals surface area contributed by atoms with E-state index in [-0.39, 0.29) is 5.91 Å². The largest absolute Gasteiger partial charge is 0.497 e. The number of carbonyl (C=O) groups excluding carboxylic acids is 1. The molecule has 0 saturated carbocycles. The molecule has 1 atom stereocenters. The van der Waals surface area contributed by atoms with Crippen molar-refractivity contribution in [2.24, 2.45) is 0 Å². The Labute approximate surface area is 169 Å². The number of amides is 1. The van der Waals surface area contributed by atoms with Crippen molar-refractivity contribution in [3.8, 4) is 17.6 Å². The molecule has 0 bridgehead atoms. The minimum atomic E-state index is -0.428. The minimum Gasteiger partial charge on any atom is -0.497 e. The Balaban J connectivity index is 1.71. The molecule has 1 saturated heterocycles. The third-order valence-electron chi connectivity index (χ3n) is 4.89. The topological polar surface area (TPSA) is 65.8 Å². The Kier molecular flexibility index (Phi) is 6.40. The van der Waals surface area contributed by atoms with Gasteiger partial charge in [-0.25, -0.2) is 0 Å². The van der Waals surface area contributed by atoms with E-state index in [2.05, 4.69) is 11.0 Å². The van der Waals surface area contributed by atoms with Gasteiger partial charge in [0.2, 0.25) is 0 Å². The Hall–Kier alpha value is -2.75. The summed E-state index contributed by atoms with van der Waals surface area (Å²) in [5.74, 6) is 1.07. The normalized spacial score (nSPS) is 15.6. The number of hydrogen-bond donors (Lipinski definition) is 0. The van der Waals surface area contributed by atoms with Gasteiger partial charge in [-0.15, -0.1) is 0 Å². The van der Waals surface area contributed by atoms with Crippen LogP contribution in [0.15, 0.2) is 42.5 Å². The summed E-state index contributed by atoms with van der Waals surface area (Å²) in [4.78, 5) is 16.8. The molecule has 7 heteroatoms. The molecule has 1 heterocycles. The van der Waals surface area contributed by atoms with Crippen LogP contribution >= 0.6 is 11.6 Å². The van der Waals surface area contributed by atoms with Gasteiger partial charge < -0.3 is 14.4 Å².